The molecule has 0 amide bonds. The van der Waals surface area contributed by atoms with Crippen molar-refractivity contribution < 1.29 is 30.5 Å². The van der Waals surface area contributed by atoms with Crippen LogP contribution >= 0.6 is 11.8 Å². The molecular weight excluding hydrogens is 892 g/mol. The van der Waals surface area contributed by atoms with Gasteiger partial charge in [-0.05, 0) is 62.5 Å². The number of nitrogens with zero attached hydrogens (tertiary/aromatic N) is 4. The first kappa shape index (κ1) is 39.9. The van der Waals surface area contributed by atoms with E-state index in [2.05, 4.69) is 130 Å². The van der Waals surface area contributed by atoms with Crippen LogP contribution in [0.25, 0.3) is 45.0 Å². The minimum atomic E-state index is -0.562. The molecule has 0 radical (unpaired) electrons. The number of fused-ring (bicyclic) bond motifs is 6. The Balaban J connectivity index is 0.00000480. The molecule has 4 heterocycles. The van der Waals surface area contributed by atoms with Crippen molar-refractivity contribution in [1.29, 1.82) is 0 Å². The summed E-state index contributed by atoms with van der Waals surface area (Å²) in [5, 5.41) is 0. The van der Waals surface area contributed by atoms with Gasteiger partial charge in [-0.25, -0.2) is 9.97 Å². The van der Waals surface area contributed by atoms with Crippen molar-refractivity contribution >= 4 is 11.8 Å². The Morgan fingerprint density at radius 2 is 0.946 bits per heavy atom. The summed E-state index contributed by atoms with van der Waals surface area (Å²) in [5.74, 6) is 1.36. The van der Waals surface area contributed by atoms with Crippen LogP contribution in [0.3, 0.4) is 0 Å². The molecule has 0 atom stereocenters. The molecule has 288 valence electrons. The van der Waals surface area contributed by atoms with E-state index in [1.165, 1.54) is 11.1 Å². The van der Waals surface area contributed by atoms with Gasteiger partial charge >= 0.3 is 21.1 Å². The Morgan fingerprint density at radius 1 is 0.554 bits per heavy atom. The van der Waals surface area contributed by atoms with Crippen LogP contribution < -0.4 is 9.47 Å². The van der Waals surface area contributed by atoms with Crippen LogP contribution in [0.1, 0.15) is 91.5 Å². The van der Waals surface area contributed by atoms with Gasteiger partial charge in [0, 0.05) is 33.6 Å². The van der Waals surface area contributed by atoms with Gasteiger partial charge in [-0.3, -0.25) is 9.97 Å². The minimum Gasteiger partial charge on any atom is -0.488 e. The number of rotatable bonds is 6. The molecular formula is C48H48N4O2PtS. The van der Waals surface area contributed by atoms with Crippen molar-refractivity contribution in [3.8, 4) is 56.5 Å². The molecule has 0 unspecified atom stereocenters. The topological polar surface area (TPSA) is 70.0 Å². The molecule has 0 saturated carbocycles. The Morgan fingerprint density at radius 3 is 1.34 bits per heavy atom. The van der Waals surface area contributed by atoms with E-state index in [0.717, 1.165) is 78.8 Å². The molecule has 56 heavy (non-hydrogen) atoms. The second-order valence-corrected chi connectivity index (χ2v) is 19.3. The van der Waals surface area contributed by atoms with Gasteiger partial charge in [0.1, 0.15) is 46.7 Å². The molecule has 0 fully saturated rings. The summed E-state index contributed by atoms with van der Waals surface area (Å²) in [6, 6.07) is 32.9. The van der Waals surface area contributed by atoms with Gasteiger partial charge in [0.15, 0.2) is 0 Å². The molecule has 0 saturated heterocycles. The van der Waals surface area contributed by atoms with E-state index < -0.39 is 11.2 Å². The minimum absolute atomic E-state index is 0. The number of aromatic nitrogens is 4. The van der Waals surface area contributed by atoms with E-state index in [9.17, 15) is 0 Å². The summed E-state index contributed by atoms with van der Waals surface area (Å²) >= 11 is 1.59. The molecule has 2 aliphatic rings. The van der Waals surface area contributed by atoms with Crippen LogP contribution in [0, 0.1) is 23.0 Å². The Hall–Kier alpha value is -4.32. The smallest absolute Gasteiger partial charge is 0.488 e. The molecule has 8 rings (SSSR count). The molecule has 8 heteroatoms. The molecule has 6 aromatic rings. The predicted octanol–water partition coefficient (Wildman–Crippen LogP) is 12.1. The van der Waals surface area contributed by atoms with E-state index in [0.29, 0.717) is 11.5 Å². The molecule has 0 bridgehead atoms. The second kappa shape index (κ2) is 14.6. The van der Waals surface area contributed by atoms with E-state index in [1.54, 1.807) is 24.4 Å². The van der Waals surface area contributed by atoms with E-state index >= 15 is 0 Å². The Kier molecular flexibility index (Phi) is 10.4. The summed E-state index contributed by atoms with van der Waals surface area (Å²) in [4.78, 5) is 20.8. The van der Waals surface area contributed by atoms with Crippen molar-refractivity contribution in [3.63, 3.8) is 0 Å². The molecule has 2 aliphatic heterocycles. The van der Waals surface area contributed by atoms with Crippen LogP contribution in [-0.2, 0) is 45.1 Å². The zero-order valence-corrected chi connectivity index (χ0v) is 36.9. The molecule has 6 nitrogen and oxygen atoms in total. The van der Waals surface area contributed by atoms with E-state index in [4.69, 9.17) is 29.4 Å². The maximum atomic E-state index is 6.76. The average Bonchev–Trinajstić information content (AvgIpc) is 3.10. The van der Waals surface area contributed by atoms with Crippen molar-refractivity contribution in [2.75, 3.05) is 0 Å². The zero-order valence-electron chi connectivity index (χ0n) is 33.8. The zero-order chi connectivity index (χ0) is 38.9. The normalized spacial score (nSPS) is 14.9. The maximum absolute atomic E-state index is 6.76. The summed E-state index contributed by atoms with van der Waals surface area (Å²) in [7, 11) is 0. The Labute approximate surface area is 350 Å². The SMILES string of the molecule is CC(C)(C)Cc1ccc2c(c1)C(C)(C)Oc1c(-c3[c-]c(Sc4[c-]c(-c5ncnc6c5OC(C)(C)c5cc(CC(C)(C)C)ccc5-6)ccc4)ccc3)ncnc1-2.[Pt+2]. The van der Waals surface area contributed by atoms with Gasteiger partial charge in [0.2, 0.25) is 0 Å². The first-order valence-electron chi connectivity index (χ1n) is 19.0. The predicted molar refractivity (Wildman–Crippen MR) is 221 cm³/mol. The maximum Gasteiger partial charge on any atom is 2.00 e. The number of hydrogen-bond donors (Lipinski definition) is 0. The van der Waals surface area contributed by atoms with Gasteiger partial charge in [-0.1, -0.05) is 87.7 Å². The molecule has 0 aliphatic carbocycles. The third-order valence-corrected chi connectivity index (χ3v) is 10.9. The quantitative estimate of drug-likeness (QED) is 0.154. The van der Waals surface area contributed by atoms with Gasteiger partial charge in [-0.15, -0.1) is 71.4 Å². The van der Waals surface area contributed by atoms with Gasteiger partial charge in [-0.2, -0.15) is 0 Å². The third-order valence-electron chi connectivity index (χ3n) is 10.0. The summed E-state index contributed by atoms with van der Waals surface area (Å²) in [5.41, 5.74) is 11.0. The van der Waals surface area contributed by atoms with Crippen molar-refractivity contribution in [2.45, 2.75) is 103 Å². The summed E-state index contributed by atoms with van der Waals surface area (Å²) in [6.45, 7) is 22.1. The fraction of sp³-hybridized carbons (Fsp3) is 0.333. The molecule has 4 aromatic carbocycles. The monoisotopic (exact) mass is 939 g/mol. The summed E-state index contributed by atoms with van der Waals surface area (Å²) < 4.78 is 13.5. The fourth-order valence-electron chi connectivity index (χ4n) is 7.77. The van der Waals surface area contributed by atoms with E-state index in [-0.39, 0.29) is 31.9 Å². The number of ether oxygens (including phenoxy) is 2. The standard InChI is InChI=1S/C48H48N4O2S.Pt/c1-45(2,3)25-29-17-19-35-37(21-29)47(7,8)53-43-39(49-27-51-41(35)43)31-13-11-15-33(23-31)55-34-16-12-14-32(24-34)40-44-42(52-28-50-40)36-20-18-30(26-46(4,5)6)22-38(36)48(9,10)54-44;/h11-22,27-28H,25-26H2,1-10H3;/q-2;+2. The fourth-order valence-corrected chi connectivity index (χ4v) is 8.63. The Bertz CT molecular complexity index is 2290. The summed E-state index contributed by atoms with van der Waals surface area (Å²) in [6.07, 6.45) is 5.22. The molecule has 2 aromatic heterocycles. The number of benzene rings is 4. The van der Waals surface area contributed by atoms with Crippen molar-refractivity contribution in [2.24, 2.45) is 10.8 Å². The van der Waals surface area contributed by atoms with Gasteiger partial charge < -0.3 is 9.47 Å². The first-order valence-corrected chi connectivity index (χ1v) is 19.8. The van der Waals surface area contributed by atoms with Crippen LogP contribution in [0.2, 0.25) is 0 Å². The van der Waals surface area contributed by atoms with Crippen LogP contribution in [0.5, 0.6) is 11.5 Å². The van der Waals surface area contributed by atoms with Crippen molar-refractivity contribution in [1.82, 2.24) is 19.9 Å². The first-order chi connectivity index (χ1) is 25.9. The third kappa shape index (κ3) is 7.95. The number of hydrogen-bond acceptors (Lipinski definition) is 7. The van der Waals surface area contributed by atoms with Crippen LogP contribution in [0.4, 0.5) is 0 Å². The molecule has 0 N–H and O–H groups in total. The van der Waals surface area contributed by atoms with Crippen molar-refractivity contribution in [3.05, 3.63) is 120 Å². The van der Waals surface area contributed by atoms with E-state index in [1.807, 2.05) is 24.3 Å². The van der Waals surface area contributed by atoms with Gasteiger partial charge in [0.05, 0.1) is 0 Å². The largest absolute Gasteiger partial charge is 2.00 e. The second-order valence-electron chi connectivity index (χ2n) is 18.2. The molecule has 0 spiro atoms. The average molecular weight is 940 g/mol. The van der Waals surface area contributed by atoms with Gasteiger partial charge in [0.25, 0.3) is 0 Å². The van der Waals surface area contributed by atoms with Crippen LogP contribution in [0.15, 0.2) is 95.2 Å². The van der Waals surface area contributed by atoms with Crippen LogP contribution in [-0.4, -0.2) is 19.9 Å².